The minimum Gasteiger partial charge on any atom is -0.465 e. The summed E-state index contributed by atoms with van der Waals surface area (Å²) in [6.07, 6.45) is 1.90. The SMILES string of the molecule is COC(=O)c1ccc(CS(=O)(=O)N2CCCC(N(C)C)C2)cc1. The lowest BCUT2D eigenvalue weighted by molar-refractivity contribution is 0.0600. The minimum atomic E-state index is -3.35. The first-order valence-electron chi connectivity index (χ1n) is 7.65. The molecule has 0 aliphatic carbocycles. The summed E-state index contributed by atoms with van der Waals surface area (Å²) in [5.41, 5.74) is 1.09. The molecule has 0 bridgehead atoms. The standard InChI is InChI=1S/C16H24N2O4S/c1-17(2)15-5-4-10-18(11-15)23(20,21)12-13-6-8-14(9-7-13)16(19)22-3/h6-9,15H,4-5,10-12H2,1-3H3. The van der Waals surface area contributed by atoms with E-state index >= 15 is 0 Å². The van der Waals surface area contributed by atoms with Gasteiger partial charge in [0.05, 0.1) is 18.4 Å². The van der Waals surface area contributed by atoms with Crippen LogP contribution in [-0.4, -0.2) is 63.9 Å². The van der Waals surface area contributed by atoms with Gasteiger partial charge in [-0.05, 0) is 44.6 Å². The van der Waals surface area contributed by atoms with E-state index in [-0.39, 0.29) is 11.8 Å². The third kappa shape index (κ3) is 4.53. The molecular formula is C16H24N2O4S. The molecule has 1 heterocycles. The number of nitrogens with zero attached hydrogens (tertiary/aromatic N) is 2. The van der Waals surface area contributed by atoms with E-state index in [0.29, 0.717) is 24.2 Å². The zero-order valence-electron chi connectivity index (χ0n) is 13.9. The second-order valence-corrected chi connectivity index (χ2v) is 8.03. The molecule has 2 rings (SSSR count). The zero-order chi connectivity index (χ0) is 17.0. The van der Waals surface area contributed by atoms with Crippen LogP contribution in [0.4, 0.5) is 0 Å². The van der Waals surface area contributed by atoms with E-state index in [1.54, 1.807) is 28.6 Å². The zero-order valence-corrected chi connectivity index (χ0v) is 14.7. The normalized spacial score (nSPS) is 19.7. The Kier molecular flexibility index (Phi) is 5.78. The molecular weight excluding hydrogens is 316 g/mol. The topological polar surface area (TPSA) is 66.9 Å². The first-order chi connectivity index (χ1) is 10.8. The average Bonchev–Trinajstić information content (AvgIpc) is 2.54. The Morgan fingerprint density at radius 3 is 2.52 bits per heavy atom. The van der Waals surface area contributed by atoms with Gasteiger partial charge in [0.2, 0.25) is 10.0 Å². The van der Waals surface area contributed by atoms with Gasteiger partial charge in [-0.2, -0.15) is 0 Å². The molecule has 6 nitrogen and oxygen atoms in total. The predicted octanol–water partition coefficient (Wildman–Crippen LogP) is 1.33. The molecule has 0 spiro atoms. The molecule has 1 saturated heterocycles. The van der Waals surface area contributed by atoms with Crippen molar-refractivity contribution < 1.29 is 17.9 Å². The number of methoxy groups -OCH3 is 1. The van der Waals surface area contributed by atoms with Gasteiger partial charge in [0.25, 0.3) is 0 Å². The van der Waals surface area contributed by atoms with Crippen LogP contribution in [0.25, 0.3) is 0 Å². The Morgan fingerprint density at radius 1 is 1.30 bits per heavy atom. The van der Waals surface area contributed by atoms with Crippen molar-refractivity contribution >= 4 is 16.0 Å². The monoisotopic (exact) mass is 340 g/mol. The Labute approximate surface area is 138 Å². The highest BCUT2D eigenvalue weighted by Crippen LogP contribution is 2.20. The van der Waals surface area contributed by atoms with Crippen LogP contribution in [0.5, 0.6) is 0 Å². The van der Waals surface area contributed by atoms with Gasteiger partial charge in [0, 0.05) is 19.1 Å². The van der Waals surface area contributed by atoms with Crippen LogP contribution >= 0.6 is 0 Å². The van der Waals surface area contributed by atoms with Crippen molar-refractivity contribution in [1.82, 2.24) is 9.21 Å². The van der Waals surface area contributed by atoms with Crippen molar-refractivity contribution in [3.8, 4) is 0 Å². The molecule has 1 atom stereocenters. The third-order valence-electron chi connectivity index (χ3n) is 4.21. The maximum Gasteiger partial charge on any atom is 0.337 e. The summed E-state index contributed by atoms with van der Waals surface area (Å²) < 4.78 is 31.4. The molecule has 1 unspecified atom stereocenters. The number of piperidine rings is 1. The van der Waals surface area contributed by atoms with E-state index in [4.69, 9.17) is 0 Å². The Balaban J connectivity index is 2.07. The fourth-order valence-corrected chi connectivity index (χ4v) is 4.35. The molecule has 23 heavy (non-hydrogen) atoms. The summed E-state index contributed by atoms with van der Waals surface area (Å²) in [4.78, 5) is 13.5. The van der Waals surface area contributed by atoms with E-state index < -0.39 is 16.0 Å². The summed E-state index contributed by atoms with van der Waals surface area (Å²) in [6, 6.07) is 6.78. The average molecular weight is 340 g/mol. The maximum absolute atomic E-state index is 12.6. The lowest BCUT2D eigenvalue weighted by Gasteiger charge is -2.35. The lowest BCUT2D eigenvalue weighted by Crippen LogP contribution is -2.47. The van der Waals surface area contributed by atoms with Gasteiger partial charge in [0.1, 0.15) is 0 Å². The number of carbonyl (C=O) groups is 1. The van der Waals surface area contributed by atoms with E-state index in [1.165, 1.54) is 7.11 Å². The Bertz CT molecular complexity index is 641. The highest BCUT2D eigenvalue weighted by atomic mass is 32.2. The van der Waals surface area contributed by atoms with Crippen molar-refractivity contribution in [2.24, 2.45) is 0 Å². The summed E-state index contributed by atoms with van der Waals surface area (Å²) in [5.74, 6) is -0.474. The number of likely N-dealkylation sites (N-methyl/N-ethyl adjacent to an activating group) is 1. The van der Waals surface area contributed by atoms with E-state index in [2.05, 4.69) is 9.64 Å². The molecule has 1 aliphatic heterocycles. The van der Waals surface area contributed by atoms with Crippen molar-refractivity contribution in [1.29, 1.82) is 0 Å². The van der Waals surface area contributed by atoms with Gasteiger partial charge in [-0.3, -0.25) is 0 Å². The number of ether oxygens (including phenoxy) is 1. The summed E-state index contributed by atoms with van der Waals surface area (Å²) in [6.45, 7) is 1.11. The summed E-state index contributed by atoms with van der Waals surface area (Å²) in [5, 5.41) is 0. The second kappa shape index (κ2) is 7.42. The molecule has 7 heteroatoms. The van der Waals surface area contributed by atoms with Crippen molar-refractivity contribution in [2.75, 3.05) is 34.3 Å². The minimum absolute atomic E-state index is 0.0470. The summed E-state index contributed by atoms with van der Waals surface area (Å²) in [7, 11) is 1.92. The predicted molar refractivity (Wildman–Crippen MR) is 88.7 cm³/mol. The first kappa shape index (κ1) is 17.9. The molecule has 0 radical (unpaired) electrons. The Morgan fingerprint density at radius 2 is 1.96 bits per heavy atom. The van der Waals surface area contributed by atoms with Crippen LogP contribution in [0.3, 0.4) is 0 Å². The number of rotatable bonds is 5. The van der Waals surface area contributed by atoms with Gasteiger partial charge < -0.3 is 9.64 Å². The molecule has 1 aromatic rings. The van der Waals surface area contributed by atoms with Gasteiger partial charge in [-0.25, -0.2) is 17.5 Å². The van der Waals surface area contributed by atoms with Crippen LogP contribution in [0.15, 0.2) is 24.3 Å². The number of carbonyl (C=O) groups excluding carboxylic acids is 1. The molecule has 1 fully saturated rings. The number of hydrogen-bond acceptors (Lipinski definition) is 5. The van der Waals surface area contributed by atoms with Crippen molar-refractivity contribution in [2.45, 2.75) is 24.6 Å². The molecule has 1 aliphatic rings. The van der Waals surface area contributed by atoms with Gasteiger partial charge in [0.15, 0.2) is 0 Å². The van der Waals surface area contributed by atoms with Gasteiger partial charge in [-0.15, -0.1) is 0 Å². The highest BCUT2D eigenvalue weighted by Gasteiger charge is 2.29. The van der Waals surface area contributed by atoms with Crippen molar-refractivity contribution in [3.63, 3.8) is 0 Å². The smallest absolute Gasteiger partial charge is 0.337 e. The highest BCUT2D eigenvalue weighted by molar-refractivity contribution is 7.88. The molecule has 0 amide bonds. The molecule has 1 aromatic carbocycles. The van der Waals surface area contributed by atoms with Crippen LogP contribution < -0.4 is 0 Å². The fraction of sp³-hybridized carbons (Fsp3) is 0.562. The van der Waals surface area contributed by atoms with Crippen LogP contribution in [0, 0.1) is 0 Å². The molecule has 0 aromatic heterocycles. The number of esters is 1. The largest absolute Gasteiger partial charge is 0.465 e. The van der Waals surface area contributed by atoms with Gasteiger partial charge in [-0.1, -0.05) is 12.1 Å². The molecule has 0 saturated carbocycles. The van der Waals surface area contributed by atoms with E-state index in [0.717, 1.165) is 12.8 Å². The number of sulfonamides is 1. The van der Waals surface area contributed by atoms with Crippen LogP contribution in [-0.2, 0) is 20.5 Å². The lowest BCUT2D eigenvalue weighted by atomic mass is 10.1. The fourth-order valence-electron chi connectivity index (χ4n) is 2.75. The van der Waals surface area contributed by atoms with E-state index in [1.807, 2.05) is 14.1 Å². The molecule has 0 N–H and O–H groups in total. The van der Waals surface area contributed by atoms with Crippen LogP contribution in [0.1, 0.15) is 28.8 Å². The maximum atomic E-state index is 12.6. The number of benzene rings is 1. The van der Waals surface area contributed by atoms with Gasteiger partial charge >= 0.3 is 5.97 Å². The van der Waals surface area contributed by atoms with Crippen molar-refractivity contribution in [3.05, 3.63) is 35.4 Å². The molecule has 128 valence electrons. The second-order valence-electron chi connectivity index (χ2n) is 6.06. The van der Waals surface area contributed by atoms with Crippen LogP contribution in [0.2, 0.25) is 0 Å². The summed E-state index contributed by atoms with van der Waals surface area (Å²) >= 11 is 0. The van der Waals surface area contributed by atoms with E-state index in [9.17, 15) is 13.2 Å². The first-order valence-corrected chi connectivity index (χ1v) is 9.26. The quantitative estimate of drug-likeness (QED) is 0.757. The number of hydrogen-bond donors (Lipinski definition) is 0. The Hall–Kier alpha value is -1.44. The third-order valence-corrected chi connectivity index (χ3v) is 6.02.